The average Bonchev–Trinajstić information content (AvgIpc) is 2.41. The van der Waals surface area contributed by atoms with Gasteiger partial charge in [0.15, 0.2) is 5.16 Å². The molecule has 0 spiro atoms. The molecule has 0 aliphatic carbocycles. The number of hydrogen-bond acceptors (Lipinski definition) is 5. The number of thioether (sulfide) groups is 1. The fourth-order valence-electron chi connectivity index (χ4n) is 1.35. The Balaban J connectivity index is 1.98. The van der Waals surface area contributed by atoms with Crippen LogP contribution in [0.15, 0.2) is 44.9 Å². The van der Waals surface area contributed by atoms with E-state index in [-0.39, 0.29) is 11.5 Å². The van der Waals surface area contributed by atoms with E-state index in [4.69, 9.17) is 0 Å². The molecule has 1 aromatic heterocycles. The van der Waals surface area contributed by atoms with Crippen molar-refractivity contribution in [3.05, 3.63) is 45.3 Å². The van der Waals surface area contributed by atoms with E-state index >= 15 is 0 Å². The molecule has 0 bridgehead atoms. The fraction of sp³-hybridized carbons (Fsp3) is 0.167. The standard InChI is InChI=1S/C12H11BrN4O2S/c1-7(20-12-16-10(18)6-14-17-12)11(19)15-9-4-2-8(13)3-5-9/h2-7H,1H3,(H,15,19)(H,16,17,18)/t7-/m0/s1. The highest BCUT2D eigenvalue weighted by Crippen LogP contribution is 2.20. The van der Waals surface area contributed by atoms with Crippen LogP contribution in [0.1, 0.15) is 6.92 Å². The van der Waals surface area contributed by atoms with Gasteiger partial charge in [-0.05, 0) is 31.2 Å². The van der Waals surface area contributed by atoms with Crippen LogP contribution in [0.3, 0.4) is 0 Å². The minimum Gasteiger partial charge on any atom is -0.325 e. The van der Waals surface area contributed by atoms with E-state index in [0.717, 1.165) is 22.4 Å². The van der Waals surface area contributed by atoms with Crippen LogP contribution in [0.5, 0.6) is 0 Å². The van der Waals surface area contributed by atoms with Gasteiger partial charge >= 0.3 is 0 Å². The molecule has 0 radical (unpaired) electrons. The molecule has 6 nitrogen and oxygen atoms in total. The molecule has 1 amide bonds. The van der Waals surface area contributed by atoms with Crippen LogP contribution < -0.4 is 10.9 Å². The molecule has 0 fully saturated rings. The molecule has 104 valence electrons. The van der Waals surface area contributed by atoms with Gasteiger partial charge in [0, 0.05) is 10.2 Å². The quantitative estimate of drug-likeness (QED) is 0.820. The minimum atomic E-state index is -0.411. The van der Waals surface area contributed by atoms with Crippen molar-refractivity contribution >= 4 is 39.3 Å². The molecule has 2 rings (SSSR count). The minimum absolute atomic E-state index is 0.177. The van der Waals surface area contributed by atoms with Crippen molar-refractivity contribution in [2.24, 2.45) is 0 Å². The Morgan fingerprint density at radius 3 is 2.75 bits per heavy atom. The molecule has 0 saturated carbocycles. The predicted octanol–water partition coefficient (Wildman–Crippen LogP) is 2.05. The molecule has 2 aromatic rings. The number of rotatable bonds is 4. The maximum Gasteiger partial charge on any atom is 0.270 e. The third kappa shape index (κ3) is 4.17. The largest absolute Gasteiger partial charge is 0.325 e. The van der Waals surface area contributed by atoms with E-state index in [0.29, 0.717) is 10.8 Å². The van der Waals surface area contributed by atoms with Crippen LogP contribution in [-0.4, -0.2) is 26.3 Å². The van der Waals surface area contributed by atoms with E-state index in [1.165, 1.54) is 0 Å². The number of nitrogens with zero attached hydrogens (tertiary/aromatic N) is 2. The van der Waals surface area contributed by atoms with Gasteiger partial charge in [-0.2, -0.15) is 5.10 Å². The second-order valence-electron chi connectivity index (χ2n) is 3.90. The molecule has 0 saturated heterocycles. The molecule has 1 aromatic carbocycles. The van der Waals surface area contributed by atoms with Crippen LogP contribution in [-0.2, 0) is 4.79 Å². The van der Waals surface area contributed by atoms with Gasteiger partial charge in [-0.1, -0.05) is 27.7 Å². The van der Waals surface area contributed by atoms with Crippen molar-refractivity contribution < 1.29 is 4.79 Å². The maximum absolute atomic E-state index is 12.0. The Kier molecular flexibility index (Phi) is 4.91. The van der Waals surface area contributed by atoms with Crippen LogP contribution in [0.2, 0.25) is 0 Å². The number of hydrogen-bond donors (Lipinski definition) is 2. The average molecular weight is 355 g/mol. The molecule has 1 heterocycles. The lowest BCUT2D eigenvalue weighted by atomic mass is 10.3. The second-order valence-corrected chi connectivity index (χ2v) is 6.14. The number of halogens is 1. The van der Waals surface area contributed by atoms with Gasteiger partial charge in [-0.25, -0.2) is 0 Å². The van der Waals surface area contributed by atoms with Crippen molar-refractivity contribution in [1.82, 2.24) is 15.2 Å². The summed E-state index contributed by atoms with van der Waals surface area (Å²) in [6, 6.07) is 7.27. The number of carbonyl (C=O) groups excluding carboxylic acids is 1. The summed E-state index contributed by atoms with van der Waals surface area (Å²) in [4.78, 5) is 25.6. The summed E-state index contributed by atoms with van der Waals surface area (Å²) in [7, 11) is 0. The molecule has 2 N–H and O–H groups in total. The van der Waals surface area contributed by atoms with Crippen LogP contribution in [0.4, 0.5) is 5.69 Å². The first-order valence-electron chi connectivity index (χ1n) is 5.69. The summed E-state index contributed by atoms with van der Waals surface area (Å²) in [5.74, 6) is -0.177. The van der Waals surface area contributed by atoms with Crippen LogP contribution in [0.25, 0.3) is 0 Å². The first-order valence-corrected chi connectivity index (χ1v) is 7.37. The zero-order valence-corrected chi connectivity index (χ0v) is 12.9. The molecule has 0 unspecified atom stereocenters. The van der Waals surface area contributed by atoms with Crippen molar-refractivity contribution in [1.29, 1.82) is 0 Å². The first-order chi connectivity index (χ1) is 9.54. The number of benzene rings is 1. The molecular weight excluding hydrogens is 344 g/mol. The van der Waals surface area contributed by atoms with Gasteiger partial charge in [-0.15, -0.1) is 5.10 Å². The molecule has 8 heteroatoms. The second kappa shape index (κ2) is 6.67. The number of aromatic amines is 1. The molecular formula is C12H11BrN4O2S. The van der Waals surface area contributed by atoms with Gasteiger partial charge in [0.25, 0.3) is 5.56 Å². The number of aromatic nitrogens is 3. The summed E-state index contributed by atoms with van der Waals surface area (Å²) in [6.45, 7) is 1.73. The molecule has 0 aliphatic rings. The van der Waals surface area contributed by atoms with Gasteiger partial charge in [0.1, 0.15) is 6.20 Å². The SMILES string of the molecule is C[C@H](Sc1nncc(=O)[nH]1)C(=O)Nc1ccc(Br)cc1. The topological polar surface area (TPSA) is 87.7 Å². The van der Waals surface area contributed by atoms with E-state index in [1.807, 2.05) is 12.1 Å². The van der Waals surface area contributed by atoms with Gasteiger partial charge < -0.3 is 5.32 Å². The monoisotopic (exact) mass is 354 g/mol. The zero-order chi connectivity index (χ0) is 14.5. The summed E-state index contributed by atoms with van der Waals surface area (Å²) in [5, 5.41) is 9.98. The van der Waals surface area contributed by atoms with E-state index in [1.54, 1.807) is 19.1 Å². The first kappa shape index (κ1) is 14.7. The number of H-pyrrole nitrogens is 1. The highest BCUT2D eigenvalue weighted by Gasteiger charge is 2.16. The van der Waals surface area contributed by atoms with E-state index in [9.17, 15) is 9.59 Å². The summed E-state index contributed by atoms with van der Waals surface area (Å²) in [5.41, 5.74) is 0.362. The summed E-state index contributed by atoms with van der Waals surface area (Å²) in [6.07, 6.45) is 1.08. The fourth-order valence-corrected chi connectivity index (χ4v) is 2.37. The predicted molar refractivity (Wildman–Crippen MR) is 80.7 cm³/mol. The third-order valence-corrected chi connectivity index (χ3v) is 3.83. The highest BCUT2D eigenvalue weighted by molar-refractivity contribution is 9.10. The van der Waals surface area contributed by atoms with Gasteiger partial charge in [0.2, 0.25) is 5.91 Å². The van der Waals surface area contributed by atoms with E-state index in [2.05, 4.69) is 36.4 Å². The number of nitrogens with one attached hydrogen (secondary N) is 2. The van der Waals surface area contributed by atoms with Crippen LogP contribution in [0, 0.1) is 0 Å². The summed E-state index contributed by atoms with van der Waals surface area (Å²) >= 11 is 4.46. The Hall–Kier alpha value is -1.67. The van der Waals surface area contributed by atoms with Crippen molar-refractivity contribution in [3.63, 3.8) is 0 Å². The summed E-state index contributed by atoms with van der Waals surface area (Å²) < 4.78 is 0.940. The number of anilines is 1. The van der Waals surface area contributed by atoms with Crippen molar-refractivity contribution in [2.45, 2.75) is 17.3 Å². The van der Waals surface area contributed by atoms with Crippen molar-refractivity contribution in [3.8, 4) is 0 Å². The molecule has 1 atom stereocenters. The lowest BCUT2D eigenvalue weighted by Gasteiger charge is -2.10. The van der Waals surface area contributed by atoms with E-state index < -0.39 is 5.25 Å². The third-order valence-electron chi connectivity index (χ3n) is 2.32. The van der Waals surface area contributed by atoms with Crippen molar-refractivity contribution in [2.75, 3.05) is 5.32 Å². The highest BCUT2D eigenvalue weighted by atomic mass is 79.9. The number of amides is 1. The van der Waals surface area contributed by atoms with Crippen LogP contribution >= 0.6 is 27.7 Å². The smallest absolute Gasteiger partial charge is 0.270 e. The Morgan fingerprint density at radius 1 is 1.40 bits per heavy atom. The Bertz CT molecular complexity index is 659. The molecule has 20 heavy (non-hydrogen) atoms. The zero-order valence-electron chi connectivity index (χ0n) is 10.5. The maximum atomic E-state index is 12.0. The lowest BCUT2D eigenvalue weighted by molar-refractivity contribution is -0.115. The Labute approximate surface area is 127 Å². The normalized spacial score (nSPS) is 11.9. The Morgan fingerprint density at radius 2 is 2.10 bits per heavy atom. The lowest BCUT2D eigenvalue weighted by Crippen LogP contribution is -2.23. The van der Waals surface area contributed by atoms with Gasteiger partial charge in [0.05, 0.1) is 5.25 Å². The van der Waals surface area contributed by atoms with Gasteiger partial charge in [-0.3, -0.25) is 14.6 Å². The molecule has 0 aliphatic heterocycles. The number of carbonyl (C=O) groups is 1.